The third-order valence-corrected chi connectivity index (χ3v) is 3.80. The molecule has 0 aliphatic heterocycles. The topological polar surface area (TPSA) is 82.8 Å². The summed E-state index contributed by atoms with van der Waals surface area (Å²) in [5.74, 6) is 1.88. The van der Waals surface area contributed by atoms with Crippen molar-refractivity contribution in [1.82, 2.24) is 14.5 Å². The summed E-state index contributed by atoms with van der Waals surface area (Å²) in [5, 5.41) is 0. The Balaban J connectivity index is 2.11. The van der Waals surface area contributed by atoms with Crippen molar-refractivity contribution in [3.05, 3.63) is 47.8 Å². The predicted octanol–water partition coefficient (Wildman–Crippen LogP) is 2.99. The Morgan fingerprint density at radius 1 is 1.09 bits per heavy atom. The van der Waals surface area contributed by atoms with E-state index in [4.69, 9.17) is 16.5 Å². The highest BCUT2D eigenvalue weighted by molar-refractivity contribution is 5.87. The van der Waals surface area contributed by atoms with Gasteiger partial charge < -0.3 is 16.0 Å². The van der Waals surface area contributed by atoms with Crippen LogP contribution in [0.4, 0.5) is 11.6 Å². The molecule has 0 aliphatic rings. The van der Waals surface area contributed by atoms with Gasteiger partial charge in [-0.05, 0) is 12.0 Å². The van der Waals surface area contributed by atoms with Gasteiger partial charge in [0.05, 0.1) is 5.52 Å². The minimum atomic E-state index is 0.402. The van der Waals surface area contributed by atoms with E-state index in [0.29, 0.717) is 11.6 Å². The van der Waals surface area contributed by atoms with Crippen molar-refractivity contribution in [3.63, 3.8) is 0 Å². The number of hydrogen-bond donors (Lipinski definition) is 2. The van der Waals surface area contributed by atoms with Crippen molar-refractivity contribution in [3.8, 4) is 0 Å². The first kappa shape index (κ1) is 14.4. The van der Waals surface area contributed by atoms with Crippen molar-refractivity contribution >= 4 is 22.7 Å². The number of anilines is 2. The van der Waals surface area contributed by atoms with Gasteiger partial charge in [-0.2, -0.15) is 0 Å². The zero-order valence-electron chi connectivity index (χ0n) is 12.8. The largest absolute Gasteiger partial charge is 0.384 e. The fraction of sp³-hybridized carbons (Fsp3) is 0.294. The fourth-order valence-corrected chi connectivity index (χ4v) is 2.68. The number of pyridine rings is 1. The summed E-state index contributed by atoms with van der Waals surface area (Å²) >= 11 is 0. The molecule has 3 aromatic rings. The second-order valence-corrected chi connectivity index (χ2v) is 5.50. The van der Waals surface area contributed by atoms with Crippen LogP contribution in [0.2, 0.25) is 0 Å². The average Bonchev–Trinajstić information content (AvgIpc) is 2.85. The lowest BCUT2D eigenvalue weighted by atomic mass is 10.2. The molecule has 0 spiro atoms. The fourth-order valence-electron chi connectivity index (χ4n) is 2.68. The van der Waals surface area contributed by atoms with Crippen molar-refractivity contribution in [2.45, 2.75) is 32.7 Å². The SMILES string of the molecule is CCCCc1nc2c(N)nc(N)cc2n1Cc1ccccc1. The number of benzene rings is 1. The lowest BCUT2D eigenvalue weighted by Crippen LogP contribution is -2.06. The monoisotopic (exact) mass is 295 g/mol. The van der Waals surface area contributed by atoms with Crippen LogP contribution in [0, 0.1) is 0 Å². The standard InChI is InChI=1S/C17H21N5/c1-2-3-9-15-21-16-13(10-14(18)20-17(16)19)22(15)11-12-7-5-4-6-8-12/h4-8,10H,2-3,9,11H2,1H3,(H4,18,19,20). The first-order valence-electron chi connectivity index (χ1n) is 7.64. The van der Waals surface area contributed by atoms with Crippen LogP contribution in [0.5, 0.6) is 0 Å². The summed E-state index contributed by atoms with van der Waals surface area (Å²) in [6, 6.07) is 12.2. The van der Waals surface area contributed by atoms with E-state index in [1.54, 1.807) is 0 Å². The minimum Gasteiger partial charge on any atom is -0.384 e. The van der Waals surface area contributed by atoms with Crippen LogP contribution in [-0.4, -0.2) is 14.5 Å². The molecule has 0 aliphatic carbocycles. The number of rotatable bonds is 5. The Labute approximate surface area is 130 Å². The molecule has 4 N–H and O–H groups in total. The van der Waals surface area contributed by atoms with E-state index in [0.717, 1.165) is 42.7 Å². The molecule has 0 amide bonds. The number of aromatic nitrogens is 3. The second-order valence-electron chi connectivity index (χ2n) is 5.50. The molecule has 0 saturated heterocycles. The van der Waals surface area contributed by atoms with Gasteiger partial charge in [0, 0.05) is 19.0 Å². The summed E-state index contributed by atoms with van der Waals surface area (Å²) in [4.78, 5) is 8.83. The summed E-state index contributed by atoms with van der Waals surface area (Å²) in [6.07, 6.45) is 3.16. The number of nitrogens with zero attached hydrogens (tertiary/aromatic N) is 3. The number of aryl methyl sites for hydroxylation is 1. The molecule has 5 nitrogen and oxygen atoms in total. The molecule has 0 atom stereocenters. The van der Waals surface area contributed by atoms with E-state index < -0.39 is 0 Å². The molecule has 22 heavy (non-hydrogen) atoms. The molecule has 114 valence electrons. The van der Waals surface area contributed by atoms with E-state index in [2.05, 4.69) is 28.6 Å². The van der Waals surface area contributed by atoms with Gasteiger partial charge in [0.25, 0.3) is 0 Å². The Hall–Kier alpha value is -2.56. The maximum Gasteiger partial charge on any atom is 0.154 e. The van der Waals surface area contributed by atoms with E-state index in [9.17, 15) is 0 Å². The van der Waals surface area contributed by atoms with Gasteiger partial charge in [0.2, 0.25) is 0 Å². The third-order valence-electron chi connectivity index (χ3n) is 3.80. The lowest BCUT2D eigenvalue weighted by Gasteiger charge is -2.09. The number of nitrogens with two attached hydrogens (primary N) is 2. The highest BCUT2D eigenvalue weighted by Gasteiger charge is 2.14. The number of fused-ring (bicyclic) bond motifs is 1. The summed E-state index contributed by atoms with van der Waals surface area (Å²) in [5.41, 5.74) is 14.8. The summed E-state index contributed by atoms with van der Waals surface area (Å²) in [7, 11) is 0. The first-order chi connectivity index (χ1) is 10.7. The number of nitrogen functional groups attached to an aromatic ring is 2. The highest BCUT2D eigenvalue weighted by Crippen LogP contribution is 2.24. The summed E-state index contributed by atoms with van der Waals surface area (Å²) < 4.78 is 2.20. The molecule has 0 bridgehead atoms. The van der Waals surface area contributed by atoms with Gasteiger partial charge in [-0.1, -0.05) is 43.7 Å². The highest BCUT2D eigenvalue weighted by atomic mass is 15.1. The molecule has 0 unspecified atom stereocenters. The van der Waals surface area contributed by atoms with Crippen LogP contribution < -0.4 is 11.5 Å². The van der Waals surface area contributed by atoms with Crippen molar-refractivity contribution in [1.29, 1.82) is 0 Å². The number of imidazole rings is 1. The Morgan fingerprint density at radius 3 is 2.59 bits per heavy atom. The molecule has 1 aromatic carbocycles. The molecule has 5 heteroatoms. The van der Waals surface area contributed by atoms with Gasteiger partial charge in [0.15, 0.2) is 5.82 Å². The van der Waals surface area contributed by atoms with Gasteiger partial charge >= 0.3 is 0 Å². The number of hydrogen-bond acceptors (Lipinski definition) is 4. The minimum absolute atomic E-state index is 0.402. The molecule has 3 rings (SSSR count). The van der Waals surface area contributed by atoms with E-state index in [1.807, 2.05) is 24.3 Å². The van der Waals surface area contributed by atoms with E-state index in [1.165, 1.54) is 5.56 Å². The van der Waals surface area contributed by atoms with Gasteiger partial charge in [-0.25, -0.2) is 9.97 Å². The van der Waals surface area contributed by atoms with Crippen LogP contribution in [0.15, 0.2) is 36.4 Å². The number of unbranched alkanes of at least 4 members (excludes halogenated alkanes) is 1. The van der Waals surface area contributed by atoms with E-state index >= 15 is 0 Å². The second kappa shape index (κ2) is 6.05. The van der Waals surface area contributed by atoms with Gasteiger partial charge in [0.1, 0.15) is 17.2 Å². The maximum atomic E-state index is 5.99. The summed E-state index contributed by atoms with van der Waals surface area (Å²) in [6.45, 7) is 2.94. The quantitative estimate of drug-likeness (QED) is 0.758. The Morgan fingerprint density at radius 2 is 1.86 bits per heavy atom. The molecular weight excluding hydrogens is 274 g/mol. The van der Waals surface area contributed by atoms with Crippen LogP contribution in [0.3, 0.4) is 0 Å². The smallest absolute Gasteiger partial charge is 0.154 e. The van der Waals surface area contributed by atoms with Gasteiger partial charge in [-0.3, -0.25) is 0 Å². The lowest BCUT2D eigenvalue weighted by molar-refractivity contribution is 0.690. The predicted molar refractivity (Wildman–Crippen MR) is 90.5 cm³/mol. The third kappa shape index (κ3) is 2.74. The van der Waals surface area contributed by atoms with Crippen molar-refractivity contribution in [2.75, 3.05) is 11.5 Å². The molecular formula is C17H21N5. The Bertz CT molecular complexity index is 777. The molecule has 2 aromatic heterocycles. The van der Waals surface area contributed by atoms with Crippen LogP contribution in [0.1, 0.15) is 31.2 Å². The average molecular weight is 295 g/mol. The van der Waals surface area contributed by atoms with E-state index in [-0.39, 0.29) is 0 Å². The van der Waals surface area contributed by atoms with Crippen LogP contribution in [0.25, 0.3) is 11.0 Å². The van der Waals surface area contributed by atoms with Crippen molar-refractivity contribution < 1.29 is 0 Å². The van der Waals surface area contributed by atoms with Crippen molar-refractivity contribution in [2.24, 2.45) is 0 Å². The molecule has 0 fully saturated rings. The van der Waals surface area contributed by atoms with Crippen LogP contribution >= 0.6 is 0 Å². The molecule has 2 heterocycles. The first-order valence-corrected chi connectivity index (χ1v) is 7.64. The van der Waals surface area contributed by atoms with Gasteiger partial charge in [-0.15, -0.1) is 0 Å². The maximum absolute atomic E-state index is 5.99. The molecule has 0 saturated carbocycles. The Kier molecular flexibility index (Phi) is 3.96. The zero-order chi connectivity index (χ0) is 15.5. The zero-order valence-corrected chi connectivity index (χ0v) is 12.8. The van der Waals surface area contributed by atoms with Crippen LogP contribution in [-0.2, 0) is 13.0 Å². The molecule has 0 radical (unpaired) electrons. The normalized spacial score (nSPS) is 11.1.